The van der Waals surface area contributed by atoms with Crippen molar-refractivity contribution in [2.24, 2.45) is 0 Å². The van der Waals surface area contributed by atoms with Crippen molar-refractivity contribution in [2.45, 2.75) is 6.92 Å². The highest BCUT2D eigenvalue weighted by Crippen LogP contribution is 2.23. The molecule has 0 atom stereocenters. The van der Waals surface area contributed by atoms with Crippen molar-refractivity contribution in [3.8, 4) is 0 Å². The van der Waals surface area contributed by atoms with E-state index >= 15 is 0 Å². The molecule has 0 radical (unpaired) electrons. The Morgan fingerprint density at radius 2 is 2.00 bits per heavy atom. The van der Waals surface area contributed by atoms with Crippen LogP contribution in [0.25, 0.3) is 6.08 Å². The minimum Gasteiger partial charge on any atom is -0.462 e. The van der Waals surface area contributed by atoms with E-state index in [2.05, 4.69) is 0 Å². The van der Waals surface area contributed by atoms with Gasteiger partial charge in [0, 0.05) is 11.6 Å². The molecule has 0 saturated heterocycles. The van der Waals surface area contributed by atoms with Gasteiger partial charge in [-0.05, 0) is 30.7 Å². The van der Waals surface area contributed by atoms with E-state index in [9.17, 15) is 24.5 Å². The number of hydrogen-bond acceptors (Lipinski definition) is 6. The van der Waals surface area contributed by atoms with Crippen molar-refractivity contribution >= 4 is 23.6 Å². The lowest BCUT2D eigenvalue weighted by atomic mass is 9.92. The average molecular weight is 275 g/mol. The van der Waals surface area contributed by atoms with Gasteiger partial charge in [-0.1, -0.05) is 0 Å². The van der Waals surface area contributed by atoms with Crippen LogP contribution in [0.2, 0.25) is 0 Å². The first-order valence-electron chi connectivity index (χ1n) is 5.72. The SMILES string of the molecule is CCOC(=O)c1ccc2c(c1)C=C([N+](=O)[O-])C(=O)C2=O. The fourth-order valence-corrected chi connectivity index (χ4v) is 1.82. The number of ketones is 2. The zero-order chi connectivity index (χ0) is 14.9. The molecule has 0 aliphatic heterocycles. The van der Waals surface area contributed by atoms with Gasteiger partial charge < -0.3 is 4.74 Å². The van der Waals surface area contributed by atoms with Gasteiger partial charge in [-0.3, -0.25) is 19.7 Å². The molecular formula is C13H9NO6. The van der Waals surface area contributed by atoms with Gasteiger partial charge >= 0.3 is 17.4 Å². The van der Waals surface area contributed by atoms with Crippen molar-refractivity contribution in [3.63, 3.8) is 0 Å². The molecule has 7 nitrogen and oxygen atoms in total. The summed E-state index contributed by atoms with van der Waals surface area (Å²) in [5.74, 6) is -2.72. The molecule has 0 amide bonds. The maximum Gasteiger partial charge on any atom is 0.338 e. The Labute approximate surface area is 113 Å². The molecule has 1 aromatic rings. The van der Waals surface area contributed by atoms with E-state index in [0.717, 1.165) is 6.08 Å². The maximum absolute atomic E-state index is 11.7. The first kappa shape index (κ1) is 13.6. The molecule has 0 fully saturated rings. The van der Waals surface area contributed by atoms with Crippen molar-refractivity contribution < 1.29 is 24.0 Å². The molecular weight excluding hydrogens is 266 g/mol. The van der Waals surface area contributed by atoms with Crippen molar-refractivity contribution in [1.82, 2.24) is 0 Å². The molecule has 0 heterocycles. The van der Waals surface area contributed by atoms with Gasteiger partial charge in [0.2, 0.25) is 5.78 Å². The Hall–Kier alpha value is -2.83. The number of rotatable bonds is 3. The second-order valence-corrected chi connectivity index (χ2v) is 3.97. The topological polar surface area (TPSA) is 104 Å². The molecule has 7 heteroatoms. The van der Waals surface area contributed by atoms with Crippen LogP contribution >= 0.6 is 0 Å². The minimum atomic E-state index is -1.16. The number of nitro groups is 1. The number of Topliss-reactive ketones (excluding diaryl/α,β-unsaturated/α-hetero) is 2. The summed E-state index contributed by atoms with van der Waals surface area (Å²) >= 11 is 0. The third-order valence-corrected chi connectivity index (χ3v) is 2.74. The van der Waals surface area contributed by atoms with E-state index in [0.29, 0.717) is 0 Å². The van der Waals surface area contributed by atoms with Gasteiger partial charge in [-0.2, -0.15) is 0 Å². The molecule has 2 rings (SSSR count). The third-order valence-electron chi connectivity index (χ3n) is 2.74. The predicted molar refractivity (Wildman–Crippen MR) is 66.7 cm³/mol. The van der Waals surface area contributed by atoms with Gasteiger partial charge in [0.15, 0.2) is 0 Å². The fourth-order valence-electron chi connectivity index (χ4n) is 1.82. The molecule has 0 bridgehead atoms. The molecule has 1 aromatic carbocycles. The molecule has 0 unspecified atom stereocenters. The van der Waals surface area contributed by atoms with E-state index in [4.69, 9.17) is 4.74 Å². The molecule has 1 aliphatic rings. The van der Waals surface area contributed by atoms with Crippen LogP contribution in [-0.2, 0) is 9.53 Å². The number of ether oxygens (including phenoxy) is 1. The van der Waals surface area contributed by atoms with Gasteiger partial charge in [-0.25, -0.2) is 4.79 Å². The Bertz CT molecular complexity index is 673. The van der Waals surface area contributed by atoms with Crippen LogP contribution in [0.3, 0.4) is 0 Å². The quantitative estimate of drug-likeness (QED) is 0.356. The molecule has 102 valence electrons. The van der Waals surface area contributed by atoms with Crippen molar-refractivity contribution in [3.05, 3.63) is 50.7 Å². The lowest BCUT2D eigenvalue weighted by molar-refractivity contribution is -0.416. The first-order chi connectivity index (χ1) is 9.45. The number of hydrogen-bond donors (Lipinski definition) is 0. The molecule has 0 aromatic heterocycles. The van der Waals surface area contributed by atoms with Crippen LogP contribution in [0, 0.1) is 10.1 Å². The fraction of sp³-hybridized carbons (Fsp3) is 0.154. The van der Waals surface area contributed by atoms with E-state index in [1.807, 2.05) is 0 Å². The van der Waals surface area contributed by atoms with Gasteiger partial charge in [0.05, 0.1) is 17.1 Å². The number of carbonyl (C=O) groups is 3. The van der Waals surface area contributed by atoms with Crippen molar-refractivity contribution in [1.29, 1.82) is 0 Å². The zero-order valence-corrected chi connectivity index (χ0v) is 10.4. The Morgan fingerprint density at radius 3 is 2.60 bits per heavy atom. The largest absolute Gasteiger partial charge is 0.462 e. The van der Waals surface area contributed by atoms with Gasteiger partial charge in [0.1, 0.15) is 0 Å². The number of esters is 1. The summed E-state index contributed by atoms with van der Waals surface area (Å²) in [6.45, 7) is 1.83. The number of fused-ring (bicyclic) bond motifs is 1. The monoisotopic (exact) mass is 275 g/mol. The van der Waals surface area contributed by atoms with E-state index in [1.165, 1.54) is 18.2 Å². The predicted octanol–water partition coefficient (Wildman–Crippen LogP) is 1.25. The van der Waals surface area contributed by atoms with Crippen LogP contribution < -0.4 is 0 Å². The lowest BCUT2D eigenvalue weighted by Gasteiger charge is -2.10. The van der Waals surface area contributed by atoms with Crippen LogP contribution in [0.15, 0.2) is 23.9 Å². The van der Waals surface area contributed by atoms with E-state index in [-0.39, 0.29) is 23.3 Å². The Kier molecular flexibility index (Phi) is 3.43. The number of nitrogens with zero attached hydrogens (tertiary/aromatic N) is 1. The van der Waals surface area contributed by atoms with Crippen LogP contribution in [0.5, 0.6) is 0 Å². The second-order valence-electron chi connectivity index (χ2n) is 3.97. The third kappa shape index (κ3) is 2.20. The number of allylic oxidation sites excluding steroid dienone is 1. The first-order valence-corrected chi connectivity index (χ1v) is 5.72. The van der Waals surface area contributed by atoms with Crippen LogP contribution in [0.1, 0.15) is 33.2 Å². The van der Waals surface area contributed by atoms with E-state index in [1.54, 1.807) is 6.92 Å². The summed E-state index contributed by atoms with van der Waals surface area (Å²) in [6.07, 6.45) is 0.988. The van der Waals surface area contributed by atoms with Crippen LogP contribution in [-0.4, -0.2) is 29.1 Å². The summed E-state index contributed by atoms with van der Waals surface area (Å²) < 4.78 is 4.80. The molecule has 0 spiro atoms. The number of benzene rings is 1. The van der Waals surface area contributed by atoms with Gasteiger partial charge in [-0.15, -0.1) is 0 Å². The molecule has 0 saturated carbocycles. The molecule has 1 aliphatic carbocycles. The summed E-state index contributed by atoms with van der Waals surface area (Å²) in [4.78, 5) is 44.6. The highest BCUT2D eigenvalue weighted by molar-refractivity contribution is 6.51. The van der Waals surface area contributed by atoms with Gasteiger partial charge in [0.25, 0.3) is 0 Å². The molecule has 20 heavy (non-hydrogen) atoms. The van der Waals surface area contributed by atoms with Crippen LogP contribution in [0.4, 0.5) is 0 Å². The summed E-state index contributed by atoms with van der Waals surface area (Å²) in [7, 11) is 0. The second kappa shape index (κ2) is 5.04. The summed E-state index contributed by atoms with van der Waals surface area (Å²) in [5.41, 5.74) is -0.448. The smallest absolute Gasteiger partial charge is 0.338 e. The Morgan fingerprint density at radius 1 is 1.30 bits per heavy atom. The average Bonchev–Trinajstić information content (AvgIpc) is 2.42. The summed E-state index contributed by atoms with van der Waals surface area (Å²) in [6, 6.07) is 3.92. The maximum atomic E-state index is 11.7. The number of carbonyl (C=O) groups excluding carboxylic acids is 3. The van der Waals surface area contributed by atoms with Crippen molar-refractivity contribution in [2.75, 3.05) is 6.61 Å². The highest BCUT2D eigenvalue weighted by Gasteiger charge is 2.35. The molecule has 0 N–H and O–H groups in total. The standard InChI is InChI=1S/C13H9NO6/c1-2-20-13(17)7-3-4-9-8(5-7)6-10(14(18)19)12(16)11(9)15/h3-6H,2H2,1H3. The Balaban J connectivity index is 2.53. The lowest BCUT2D eigenvalue weighted by Crippen LogP contribution is -2.25. The summed E-state index contributed by atoms with van der Waals surface area (Å²) in [5, 5.41) is 10.7. The highest BCUT2D eigenvalue weighted by atomic mass is 16.6. The normalized spacial score (nSPS) is 13.6. The minimum absolute atomic E-state index is 0.0358. The van der Waals surface area contributed by atoms with E-state index < -0.39 is 28.2 Å². The zero-order valence-electron chi connectivity index (χ0n) is 10.4.